The summed E-state index contributed by atoms with van der Waals surface area (Å²) in [6.07, 6.45) is 0. The minimum Gasteiger partial charge on any atom is -0.326 e. The largest absolute Gasteiger partial charge is 0.326 e. The maximum Gasteiger partial charge on any atom is 0.229 e. The maximum atomic E-state index is 4.75. The Kier molecular flexibility index (Phi) is 4.98. The number of para-hydroxylation sites is 1. The number of anilines is 4. The lowest BCUT2D eigenvalue weighted by molar-refractivity contribution is 0.969. The van der Waals surface area contributed by atoms with Crippen molar-refractivity contribution in [2.75, 3.05) is 16.8 Å². The molecule has 0 saturated heterocycles. The Morgan fingerprint density at radius 1 is 0.920 bits per heavy atom. The minimum atomic E-state index is 0.623. The van der Waals surface area contributed by atoms with Crippen molar-refractivity contribution in [3.63, 3.8) is 0 Å². The Balaban J connectivity index is 1.96. The SMILES string of the molecule is CCN(c1ccccc1)c1cc(C)nc(Nc2cc(C)ccc2C)n1. The fourth-order valence-electron chi connectivity index (χ4n) is 2.82. The zero-order valence-corrected chi connectivity index (χ0v) is 15.2. The van der Waals surface area contributed by atoms with Crippen LogP contribution >= 0.6 is 0 Å². The van der Waals surface area contributed by atoms with Crippen LogP contribution in [0.4, 0.5) is 23.1 Å². The van der Waals surface area contributed by atoms with Crippen LogP contribution in [0.2, 0.25) is 0 Å². The van der Waals surface area contributed by atoms with E-state index in [1.165, 1.54) is 11.1 Å². The van der Waals surface area contributed by atoms with Crippen LogP contribution in [0, 0.1) is 20.8 Å². The van der Waals surface area contributed by atoms with Crippen LogP contribution in [0.25, 0.3) is 0 Å². The van der Waals surface area contributed by atoms with Crippen LogP contribution in [0.1, 0.15) is 23.7 Å². The Hall–Kier alpha value is -2.88. The van der Waals surface area contributed by atoms with Gasteiger partial charge in [0.25, 0.3) is 0 Å². The quantitative estimate of drug-likeness (QED) is 0.688. The Bertz CT molecular complexity index is 859. The first-order valence-electron chi connectivity index (χ1n) is 8.59. The molecule has 2 aromatic carbocycles. The van der Waals surface area contributed by atoms with Gasteiger partial charge in [0.15, 0.2) is 0 Å². The van der Waals surface area contributed by atoms with E-state index in [0.717, 1.165) is 29.4 Å². The lowest BCUT2D eigenvalue weighted by Gasteiger charge is -2.23. The summed E-state index contributed by atoms with van der Waals surface area (Å²) in [5, 5.41) is 3.38. The molecule has 1 heterocycles. The summed E-state index contributed by atoms with van der Waals surface area (Å²) in [6.45, 7) is 9.13. The fraction of sp³-hybridized carbons (Fsp3) is 0.238. The zero-order chi connectivity index (χ0) is 17.8. The van der Waals surface area contributed by atoms with Crippen molar-refractivity contribution in [1.82, 2.24) is 9.97 Å². The molecule has 0 unspecified atom stereocenters. The van der Waals surface area contributed by atoms with Gasteiger partial charge < -0.3 is 10.2 Å². The van der Waals surface area contributed by atoms with Crippen LogP contribution in [0.3, 0.4) is 0 Å². The topological polar surface area (TPSA) is 41.1 Å². The van der Waals surface area contributed by atoms with E-state index in [-0.39, 0.29) is 0 Å². The summed E-state index contributed by atoms with van der Waals surface area (Å²) in [5.41, 5.74) is 5.49. The first-order chi connectivity index (χ1) is 12.1. The predicted octanol–water partition coefficient (Wildman–Crippen LogP) is 5.30. The molecule has 128 valence electrons. The molecule has 0 fully saturated rings. The molecule has 0 aliphatic rings. The number of aromatic nitrogens is 2. The van der Waals surface area contributed by atoms with E-state index in [0.29, 0.717) is 5.95 Å². The lowest BCUT2D eigenvalue weighted by atomic mass is 10.1. The van der Waals surface area contributed by atoms with E-state index in [1.807, 2.05) is 31.2 Å². The molecule has 3 rings (SSSR count). The number of aryl methyl sites for hydroxylation is 3. The van der Waals surface area contributed by atoms with E-state index < -0.39 is 0 Å². The van der Waals surface area contributed by atoms with Crippen LogP contribution in [-0.4, -0.2) is 16.5 Å². The minimum absolute atomic E-state index is 0.623. The van der Waals surface area contributed by atoms with Gasteiger partial charge in [-0.2, -0.15) is 4.98 Å². The summed E-state index contributed by atoms with van der Waals surface area (Å²) < 4.78 is 0. The zero-order valence-electron chi connectivity index (χ0n) is 15.2. The maximum absolute atomic E-state index is 4.75. The average molecular weight is 332 g/mol. The highest BCUT2D eigenvalue weighted by Gasteiger charge is 2.12. The van der Waals surface area contributed by atoms with Gasteiger partial charge in [-0.05, 0) is 57.0 Å². The summed E-state index contributed by atoms with van der Waals surface area (Å²) in [7, 11) is 0. The number of hydrogen-bond donors (Lipinski definition) is 1. The molecule has 0 atom stereocenters. The van der Waals surface area contributed by atoms with E-state index in [4.69, 9.17) is 4.98 Å². The van der Waals surface area contributed by atoms with Gasteiger partial charge in [0.05, 0.1) is 0 Å². The highest BCUT2D eigenvalue weighted by atomic mass is 15.2. The summed E-state index contributed by atoms with van der Waals surface area (Å²) in [4.78, 5) is 11.5. The third kappa shape index (κ3) is 3.97. The van der Waals surface area contributed by atoms with Crippen molar-refractivity contribution < 1.29 is 0 Å². The number of rotatable bonds is 5. The van der Waals surface area contributed by atoms with Crippen molar-refractivity contribution in [1.29, 1.82) is 0 Å². The van der Waals surface area contributed by atoms with Gasteiger partial charge in [-0.25, -0.2) is 4.98 Å². The molecule has 4 heteroatoms. The molecule has 0 aliphatic carbocycles. The molecule has 0 saturated carbocycles. The van der Waals surface area contributed by atoms with Gasteiger partial charge >= 0.3 is 0 Å². The van der Waals surface area contributed by atoms with Crippen LogP contribution in [0.5, 0.6) is 0 Å². The number of nitrogens with zero attached hydrogens (tertiary/aromatic N) is 3. The second-order valence-electron chi connectivity index (χ2n) is 6.21. The third-order valence-electron chi connectivity index (χ3n) is 4.14. The molecule has 25 heavy (non-hydrogen) atoms. The number of benzene rings is 2. The molecule has 4 nitrogen and oxygen atoms in total. The Labute approximate surface area is 149 Å². The monoisotopic (exact) mass is 332 g/mol. The molecule has 1 N–H and O–H groups in total. The van der Waals surface area contributed by atoms with E-state index in [2.05, 4.69) is 66.3 Å². The van der Waals surface area contributed by atoms with Gasteiger partial charge in [0.1, 0.15) is 5.82 Å². The highest BCUT2D eigenvalue weighted by molar-refractivity contribution is 5.64. The second kappa shape index (κ2) is 7.34. The van der Waals surface area contributed by atoms with Crippen LogP contribution in [0.15, 0.2) is 54.6 Å². The summed E-state index contributed by atoms with van der Waals surface area (Å²) >= 11 is 0. The highest BCUT2D eigenvalue weighted by Crippen LogP contribution is 2.26. The second-order valence-corrected chi connectivity index (χ2v) is 6.21. The van der Waals surface area contributed by atoms with Gasteiger partial charge in [-0.15, -0.1) is 0 Å². The van der Waals surface area contributed by atoms with E-state index in [9.17, 15) is 0 Å². The summed E-state index contributed by atoms with van der Waals surface area (Å²) in [5.74, 6) is 1.52. The first-order valence-corrected chi connectivity index (χ1v) is 8.59. The van der Waals surface area contributed by atoms with Crippen molar-refractivity contribution in [3.05, 3.63) is 71.4 Å². The predicted molar refractivity (Wildman–Crippen MR) is 105 cm³/mol. The molecule has 0 spiro atoms. The third-order valence-corrected chi connectivity index (χ3v) is 4.14. The van der Waals surface area contributed by atoms with Gasteiger partial charge in [0.2, 0.25) is 5.95 Å². The Morgan fingerprint density at radius 3 is 2.40 bits per heavy atom. The molecular weight excluding hydrogens is 308 g/mol. The molecule has 0 aliphatic heterocycles. The van der Waals surface area contributed by atoms with E-state index >= 15 is 0 Å². The van der Waals surface area contributed by atoms with Crippen molar-refractivity contribution in [2.45, 2.75) is 27.7 Å². The van der Waals surface area contributed by atoms with Crippen LogP contribution in [-0.2, 0) is 0 Å². The Morgan fingerprint density at radius 2 is 1.68 bits per heavy atom. The normalized spacial score (nSPS) is 10.6. The van der Waals surface area contributed by atoms with E-state index in [1.54, 1.807) is 0 Å². The van der Waals surface area contributed by atoms with Crippen molar-refractivity contribution in [3.8, 4) is 0 Å². The lowest BCUT2D eigenvalue weighted by Crippen LogP contribution is -2.18. The average Bonchev–Trinajstić information content (AvgIpc) is 2.59. The molecular formula is C21H24N4. The van der Waals surface area contributed by atoms with Crippen molar-refractivity contribution >= 4 is 23.1 Å². The standard InChI is InChI=1S/C21H24N4/c1-5-25(18-9-7-6-8-10-18)20-14-17(4)22-21(24-20)23-19-13-15(2)11-12-16(19)3/h6-14H,5H2,1-4H3,(H,22,23,24). The van der Waals surface area contributed by atoms with Gasteiger partial charge in [-0.3, -0.25) is 0 Å². The number of hydrogen-bond acceptors (Lipinski definition) is 4. The molecule has 0 radical (unpaired) electrons. The number of nitrogens with one attached hydrogen (secondary N) is 1. The fourth-order valence-corrected chi connectivity index (χ4v) is 2.82. The first kappa shape index (κ1) is 17.0. The van der Waals surface area contributed by atoms with Crippen molar-refractivity contribution in [2.24, 2.45) is 0 Å². The van der Waals surface area contributed by atoms with Gasteiger partial charge in [-0.1, -0.05) is 30.3 Å². The smallest absolute Gasteiger partial charge is 0.229 e. The molecule has 3 aromatic rings. The van der Waals surface area contributed by atoms with Crippen LogP contribution < -0.4 is 10.2 Å². The molecule has 0 amide bonds. The summed E-state index contributed by atoms with van der Waals surface area (Å²) in [6, 6.07) is 18.7. The van der Waals surface area contributed by atoms with Gasteiger partial charge in [0, 0.05) is 29.7 Å². The molecule has 0 bridgehead atoms. The molecule has 1 aromatic heterocycles.